The van der Waals surface area contributed by atoms with Crippen LogP contribution in [0.25, 0.3) is 0 Å². The second kappa shape index (κ2) is 14.8. The Morgan fingerprint density at radius 1 is 0.600 bits per heavy atom. The maximum Gasteiger partial charge on any atom is 0.0207 e. The predicted octanol–water partition coefficient (Wildman–Crippen LogP) is 9.09. The molecule has 0 saturated carbocycles. The van der Waals surface area contributed by atoms with Crippen LogP contribution in [0, 0.1) is 13.8 Å². The van der Waals surface area contributed by atoms with Gasteiger partial charge < -0.3 is 0 Å². The first kappa shape index (κ1) is 22.7. The lowest BCUT2D eigenvalue weighted by molar-refractivity contribution is 0.535. The van der Waals surface area contributed by atoms with Crippen LogP contribution in [0.3, 0.4) is 0 Å². The molecule has 0 radical (unpaired) electrons. The highest BCUT2D eigenvalue weighted by molar-refractivity contribution is 9.10. The molecule has 0 atom stereocenters. The number of hydrogen-bond acceptors (Lipinski definition) is 0. The molecule has 1 aromatic carbocycles. The first-order valence-electron chi connectivity index (χ1n) is 10.9. The highest BCUT2D eigenvalue weighted by Gasteiger charge is 2.04. The van der Waals surface area contributed by atoms with Gasteiger partial charge in [-0.15, -0.1) is 0 Å². The Hall–Kier alpha value is -0.300. The quantitative estimate of drug-likeness (QED) is 0.253. The summed E-state index contributed by atoms with van der Waals surface area (Å²) in [7, 11) is 0. The van der Waals surface area contributed by atoms with Gasteiger partial charge in [0.2, 0.25) is 0 Å². The van der Waals surface area contributed by atoms with E-state index in [1.165, 1.54) is 112 Å². The van der Waals surface area contributed by atoms with Gasteiger partial charge >= 0.3 is 0 Å². The molecule has 1 aromatic rings. The van der Waals surface area contributed by atoms with Gasteiger partial charge in [0.05, 0.1) is 0 Å². The standard InChI is InChI=1S/C24H41Br/c1-4-5-6-7-8-9-10-11-12-13-14-15-16-17-18-23-19-20-24(25)22(3)21(23)2/h19-20H,4-18H2,1-3H3. The highest BCUT2D eigenvalue weighted by atomic mass is 79.9. The van der Waals surface area contributed by atoms with E-state index in [1.54, 1.807) is 5.56 Å². The van der Waals surface area contributed by atoms with E-state index < -0.39 is 0 Å². The molecule has 0 bridgehead atoms. The summed E-state index contributed by atoms with van der Waals surface area (Å²) in [6.07, 6.45) is 21.3. The zero-order valence-electron chi connectivity index (χ0n) is 17.1. The first-order chi connectivity index (χ1) is 12.2. The van der Waals surface area contributed by atoms with Crippen LogP contribution in [0.1, 0.15) is 114 Å². The summed E-state index contributed by atoms with van der Waals surface area (Å²) in [5.74, 6) is 0. The number of hydrogen-bond donors (Lipinski definition) is 0. The molecule has 1 rings (SSSR count). The van der Waals surface area contributed by atoms with Gasteiger partial charge in [-0.2, -0.15) is 0 Å². The molecule has 25 heavy (non-hydrogen) atoms. The van der Waals surface area contributed by atoms with Gasteiger partial charge in [0.25, 0.3) is 0 Å². The lowest BCUT2D eigenvalue weighted by Crippen LogP contribution is -1.94. The number of halogens is 1. The van der Waals surface area contributed by atoms with E-state index in [9.17, 15) is 0 Å². The van der Waals surface area contributed by atoms with Crippen LogP contribution >= 0.6 is 15.9 Å². The van der Waals surface area contributed by atoms with Gasteiger partial charge in [0.15, 0.2) is 0 Å². The van der Waals surface area contributed by atoms with E-state index in [4.69, 9.17) is 0 Å². The largest absolute Gasteiger partial charge is 0.0654 e. The predicted molar refractivity (Wildman–Crippen MR) is 118 cm³/mol. The van der Waals surface area contributed by atoms with E-state index >= 15 is 0 Å². The molecule has 0 aliphatic carbocycles. The van der Waals surface area contributed by atoms with Crippen molar-refractivity contribution in [1.29, 1.82) is 0 Å². The van der Waals surface area contributed by atoms with Crippen LogP contribution in [0.5, 0.6) is 0 Å². The van der Waals surface area contributed by atoms with Crippen molar-refractivity contribution in [3.05, 3.63) is 33.3 Å². The van der Waals surface area contributed by atoms with Crippen LogP contribution in [-0.2, 0) is 6.42 Å². The smallest absolute Gasteiger partial charge is 0.0207 e. The van der Waals surface area contributed by atoms with Gasteiger partial charge in [0, 0.05) is 4.47 Å². The van der Waals surface area contributed by atoms with E-state index in [0.29, 0.717) is 0 Å². The Morgan fingerprint density at radius 2 is 1.04 bits per heavy atom. The molecule has 1 heteroatoms. The molecule has 0 saturated heterocycles. The molecule has 0 heterocycles. The maximum absolute atomic E-state index is 3.63. The Labute approximate surface area is 166 Å². The Kier molecular flexibility index (Phi) is 13.5. The molecule has 0 aliphatic rings. The molecule has 0 aromatic heterocycles. The third kappa shape index (κ3) is 10.4. The fraction of sp³-hybridized carbons (Fsp3) is 0.750. The summed E-state index contributed by atoms with van der Waals surface area (Å²) in [6.45, 7) is 6.77. The average Bonchev–Trinajstić information content (AvgIpc) is 2.61. The summed E-state index contributed by atoms with van der Waals surface area (Å²) in [5, 5.41) is 0. The Morgan fingerprint density at radius 3 is 1.52 bits per heavy atom. The van der Waals surface area contributed by atoms with Crippen molar-refractivity contribution in [3.8, 4) is 0 Å². The van der Waals surface area contributed by atoms with Crippen molar-refractivity contribution in [3.63, 3.8) is 0 Å². The molecule has 0 aliphatic heterocycles. The molecule has 0 spiro atoms. The number of aryl methyl sites for hydroxylation is 1. The summed E-state index contributed by atoms with van der Waals surface area (Å²) < 4.78 is 1.25. The van der Waals surface area contributed by atoms with Crippen molar-refractivity contribution in [2.45, 2.75) is 117 Å². The number of rotatable bonds is 15. The summed E-state index contributed by atoms with van der Waals surface area (Å²) in [4.78, 5) is 0. The normalized spacial score (nSPS) is 11.2. The fourth-order valence-electron chi connectivity index (χ4n) is 3.62. The van der Waals surface area contributed by atoms with E-state index in [2.05, 4.69) is 48.8 Å². The number of benzene rings is 1. The lowest BCUT2D eigenvalue weighted by Gasteiger charge is -2.10. The fourth-order valence-corrected chi connectivity index (χ4v) is 4.05. The van der Waals surface area contributed by atoms with Gasteiger partial charge in [-0.1, -0.05) is 112 Å². The molecule has 0 fully saturated rings. The summed E-state index contributed by atoms with van der Waals surface area (Å²) in [6, 6.07) is 4.51. The molecule has 0 N–H and O–H groups in total. The Bertz CT molecular complexity index is 450. The van der Waals surface area contributed by atoms with E-state index in [1.807, 2.05) is 0 Å². The van der Waals surface area contributed by atoms with Crippen molar-refractivity contribution >= 4 is 15.9 Å². The average molecular weight is 409 g/mol. The van der Waals surface area contributed by atoms with Crippen LogP contribution in [-0.4, -0.2) is 0 Å². The van der Waals surface area contributed by atoms with Gasteiger partial charge in [-0.3, -0.25) is 0 Å². The number of unbranched alkanes of at least 4 members (excludes halogenated alkanes) is 13. The van der Waals surface area contributed by atoms with Gasteiger partial charge in [-0.25, -0.2) is 0 Å². The van der Waals surface area contributed by atoms with E-state index in [0.717, 1.165) is 0 Å². The molecule has 0 unspecified atom stereocenters. The first-order valence-corrected chi connectivity index (χ1v) is 11.7. The third-order valence-corrected chi connectivity index (χ3v) is 6.49. The summed E-state index contributed by atoms with van der Waals surface area (Å²) >= 11 is 3.63. The van der Waals surface area contributed by atoms with Gasteiger partial charge in [0.1, 0.15) is 0 Å². The molecular weight excluding hydrogens is 368 g/mol. The second-order valence-corrected chi connectivity index (χ2v) is 8.66. The van der Waals surface area contributed by atoms with E-state index in [-0.39, 0.29) is 0 Å². The van der Waals surface area contributed by atoms with Crippen LogP contribution in [0.15, 0.2) is 16.6 Å². The SMILES string of the molecule is CCCCCCCCCCCCCCCCc1ccc(Br)c(C)c1C. The monoisotopic (exact) mass is 408 g/mol. The molecule has 144 valence electrons. The topological polar surface area (TPSA) is 0 Å². The molecular formula is C24H41Br. The molecule has 0 nitrogen and oxygen atoms in total. The Balaban J connectivity index is 1.90. The van der Waals surface area contributed by atoms with Crippen molar-refractivity contribution in [2.24, 2.45) is 0 Å². The van der Waals surface area contributed by atoms with Crippen LogP contribution in [0.2, 0.25) is 0 Å². The van der Waals surface area contributed by atoms with Crippen LogP contribution < -0.4 is 0 Å². The minimum atomic E-state index is 1.25. The highest BCUT2D eigenvalue weighted by Crippen LogP contribution is 2.24. The molecule has 0 amide bonds. The zero-order chi connectivity index (χ0) is 18.3. The minimum absolute atomic E-state index is 1.25. The zero-order valence-corrected chi connectivity index (χ0v) is 18.7. The van der Waals surface area contributed by atoms with Crippen LogP contribution in [0.4, 0.5) is 0 Å². The van der Waals surface area contributed by atoms with Crippen molar-refractivity contribution in [1.82, 2.24) is 0 Å². The summed E-state index contributed by atoms with van der Waals surface area (Å²) in [5.41, 5.74) is 4.42. The van der Waals surface area contributed by atoms with Crippen molar-refractivity contribution < 1.29 is 0 Å². The van der Waals surface area contributed by atoms with Crippen molar-refractivity contribution in [2.75, 3.05) is 0 Å². The minimum Gasteiger partial charge on any atom is -0.0654 e. The second-order valence-electron chi connectivity index (χ2n) is 7.80. The lowest BCUT2D eigenvalue weighted by atomic mass is 9.98. The third-order valence-electron chi connectivity index (χ3n) is 5.63. The maximum atomic E-state index is 3.63. The van der Waals surface area contributed by atoms with Gasteiger partial charge in [-0.05, 0) is 49.4 Å².